The van der Waals surface area contributed by atoms with E-state index < -0.39 is 12.1 Å². The quantitative estimate of drug-likeness (QED) is 0.826. The highest BCUT2D eigenvalue weighted by Crippen LogP contribution is 2.38. The molecule has 4 atom stereocenters. The van der Waals surface area contributed by atoms with Gasteiger partial charge in [0.05, 0.1) is 17.9 Å². The second-order valence-electron chi connectivity index (χ2n) is 5.54. The number of rotatable bonds is 2. The van der Waals surface area contributed by atoms with Gasteiger partial charge in [-0.15, -0.1) is 0 Å². The van der Waals surface area contributed by atoms with Gasteiger partial charge >= 0.3 is 6.18 Å². The molecule has 0 aromatic carbocycles. The van der Waals surface area contributed by atoms with Crippen molar-refractivity contribution in [2.75, 3.05) is 0 Å². The van der Waals surface area contributed by atoms with E-state index in [1.54, 1.807) is 0 Å². The molecule has 0 aliphatic heterocycles. The predicted molar refractivity (Wildman–Crippen MR) is 61.7 cm³/mol. The molecule has 0 radical (unpaired) electrons. The van der Waals surface area contributed by atoms with E-state index in [1.807, 2.05) is 0 Å². The van der Waals surface area contributed by atoms with Crippen LogP contribution in [0.1, 0.15) is 44.9 Å². The first kappa shape index (κ1) is 13.7. The van der Waals surface area contributed by atoms with E-state index in [2.05, 4.69) is 11.4 Å². The molecule has 2 fully saturated rings. The number of nitrogens with one attached hydrogen (secondary N) is 1. The standard InChI is InChI=1S/C13H19F3N2/c14-13(15,16)10-4-2-5-11(7-10)18-12-6-1-3-9(12)8-17/h9-12,18H,1-7H2. The van der Waals surface area contributed by atoms with Crippen LogP contribution in [0.3, 0.4) is 0 Å². The van der Waals surface area contributed by atoms with Crippen LogP contribution in [0.5, 0.6) is 0 Å². The molecule has 1 N–H and O–H groups in total. The topological polar surface area (TPSA) is 35.8 Å². The van der Waals surface area contributed by atoms with E-state index in [0.29, 0.717) is 6.42 Å². The van der Waals surface area contributed by atoms with E-state index >= 15 is 0 Å². The first-order valence-corrected chi connectivity index (χ1v) is 6.73. The van der Waals surface area contributed by atoms with E-state index in [1.165, 1.54) is 0 Å². The van der Waals surface area contributed by atoms with Crippen molar-refractivity contribution in [2.24, 2.45) is 11.8 Å². The van der Waals surface area contributed by atoms with Crippen molar-refractivity contribution in [3.63, 3.8) is 0 Å². The summed E-state index contributed by atoms with van der Waals surface area (Å²) in [4.78, 5) is 0. The maximum atomic E-state index is 12.7. The van der Waals surface area contributed by atoms with Gasteiger partial charge in [0, 0.05) is 12.1 Å². The van der Waals surface area contributed by atoms with E-state index in [-0.39, 0.29) is 30.8 Å². The van der Waals surface area contributed by atoms with E-state index in [0.717, 1.165) is 25.7 Å². The molecule has 0 bridgehead atoms. The van der Waals surface area contributed by atoms with Crippen molar-refractivity contribution in [1.29, 1.82) is 5.26 Å². The normalized spacial score (nSPS) is 37.4. The number of nitrogens with zero attached hydrogens (tertiary/aromatic N) is 1. The van der Waals surface area contributed by atoms with Crippen LogP contribution >= 0.6 is 0 Å². The molecule has 2 saturated carbocycles. The molecular weight excluding hydrogens is 241 g/mol. The van der Waals surface area contributed by atoms with Crippen LogP contribution in [0.2, 0.25) is 0 Å². The van der Waals surface area contributed by atoms with Gasteiger partial charge in [0.25, 0.3) is 0 Å². The SMILES string of the molecule is N#CC1CCCC1NC1CCCC(C(F)(F)F)C1. The van der Waals surface area contributed by atoms with Gasteiger partial charge in [0.1, 0.15) is 0 Å². The molecule has 2 nitrogen and oxygen atoms in total. The third-order valence-electron chi connectivity index (χ3n) is 4.27. The first-order valence-electron chi connectivity index (χ1n) is 6.73. The Morgan fingerprint density at radius 2 is 1.78 bits per heavy atom. The second kappa shape index (κ2) is 5.48. The average molecular weight is 260 g/mol. The molecule has 0 amide bonds. The van der Waals surface area contributed by atoms with Gasteiger partial charge in [-0.2, -0.15) is 18.4 Å². The van der Waals surface area contributed by atoms with Gasteiger partial charge in [-0.1, -0.05) is 12.8 Å². The fraction of sp³-hybridized carbons (Fsp3) is 0.923. The van der Waals surface area contributed by atoms with Crippen molar-refractivity contribution in [3.8, 4) is 6.07 Å². The second-order valence-corrected chi connectivity index (χ2v) is 5.54. The maximum absolute atomic E-state index is 12.7. The molecule has 102 valence electrons. The number of halogens is 3. The molecule has 0 aromatic heterocycles. The highest BCUT2D eigenvalue weighted by molar-refractivity contribution is 4.98. The van der Waals surface area contributed by atoms with Crippen LogP contribution in [0, 0.1) is 23.2 Å². The third kappa shape index (κ3) is 3.17. The zero-order chi connectivity index (χ0) is 13.2. The molecule has 18 heavy (non-hydrogen) atoms. The van der Waals surface area contributed by atoms with Crippen LogP contribution in [0.25, 0.3) is 0 Å². The monoisotopic (exact) mass is 260 g/mol. The lowest BCUT2D eigenvalue weighted by Crippen LogP contribution is -2.44. The minimum atomic E-state index is -4.06. The fourth-order valence-electron chi connectivity index (χ4n) is 3.26. The van der Waals surface area contributed by atoms with Crippen LogP contribution in [0.4, 0.5) is 13.2 Å². The summed E-state index contributed by atoms with van der Waals surface area (Å²) >= 11 is 0. The van der Waals surface area contributed by atoms with Gasteiger partial charge < -0.3 is 5.32 Å². The van der Waals surface area contributed by atoms with Crippen molar-refractivity contribution in [3.05, 3.63) is 0 Å². The molecule has 2 rings (SSSR count). The van der Waals surface area contributed by atoms with E-state index in [9.17, 15) is 13.2 Å². The lowest BCUT2D eigenvalue weighted by atomic mass is 9.84. The summed E-state index contributed by atoms with van der Waals surface area (Å²) in [6.07, 6.45) is 0.615. The van der Waals surface area contributed by atoms with Crippen LogP contribution in [0.15, 0.2) is 0 Å². The summed E-state index contributed by atoms with van der Waals surface area (Å²) in [5, 5.41) is 12.3. The molecule has 0 saturated heterocycles. The number of nitriles is 1. The number of alkyl halides is 3. The highest BCUT2D eigenvalue weighted by Gasteiger charge is 2.42. The van der Waals surface area contributed by atoms with Crippen molar-refractivity contribution in [1.82, 2.24) is 5.32 Å². The smallest absolute Gasteiger partial charge is 0.310 e. The summed E-state index contributed by atoms with van der Waals surface area (Å²) in [6, 6.07) is 2.30. The first-order chi connectivity index (χ1) is 8.50. The Morgan fingerprint density at radius 1 is 1.06 bits per heavy atom. The molecule has 2 aliphatic rings. The lowest BCUT2D eigenvalue weighted by molar-refractivity contribution is -0.183. The van der Waals surface area contributed by atoms with Gasteiger partial charge in [-0.3, -0.25) is 0 Å². The van der Waals surface area contributed by atoms with Crippen molar-refractivity contribution < 1.29 is 13.2 Å². The molecule has 0 spiro atoms. The Balaban J connectivity index is 1.88. The summed E-state index contributed by atoms with van der Waals surface area (Å²) in [7, 11) is 0. The molecule has 5 heteroatoms. The van der Waals surface area contributed by atoms with Gasteiger partial charge in [0.2, 0.25) is 0 Å². The molecular formula is C13H19F3N2. The Bertz CT molecular complexity index is 321. The largest absolute Gasteiger partial charge is 0.391 e. The summed E-state index contributed by atoms with van der Waals surface area (Å²) in [5.74, 6) is -1.18. The molecule has 2 aliphatic carbocycles. The zero-order valence-corrected chi connectivity index (χ0v) is 10.3. The van der Waals surface area contributed by atoms with Crippen molar-refractivity contribution in [2.45, 2.75) is 63.2 Å². The third-order valence-corrected chi connectivity index (χ3v) is 4.27. The minimum absolute atomic E-state index is 0.0173. The zero-order valence-electron chi connectivity index (χ0n) is 10.3. The van der Waals surface area contributed by atoms with Gasteiger partial charge in [-0.25, -0.2) is 0 Å². The van der Waals surface area contributed by atoms with Crippen LogP contribution in [-0.4, -0.2) is 18.3 Å². The predicted octanol–water partition coefficient (Wildman–Crippen LogP) is 3.39. The summed E-state index contributed by atoms with van der Waals surface area (Å²) < 4.78 is 38.1. The number of hydrogen-bond donors (Lipinski definition) is 1. The Kier molecular flexibility index (Phi) is 4.16. The Morgan fingerprint density at radius 3 is 2.44 bits per heavy atom. The average Bonchev–Trinajstić information content (AvgIpc) is 2.75. The lowest BCUT2D eigenvalue weighted by Gasteiger charge is -2.33. The van der Waals surface area contributed by atoms with Crippen molar-refractivity contribution >= 4 is 0 Å². The van der Waals surface area contributed by atoms with Gasteiger partial charge in [-0.05, 0) is 32.1 Å². The van der Waals surface area contributed by atoms with Crippen LogP contribution < -0.4 is 5.32 Å². The maximum Gasteiger partial charge on any atom is 0.391 e. The molecule has 4 unspecified atom stereocenters. The molecule has 0 heterocycles. The van der Waals surface area contributed by atoms with Gasteiger partial charge in [0.15, 0.2) is 0 Å². The summed E-state index contributed by atoms with van der Waals surface area (Å²) in [5.41, 5.74) is 0. The number of hydrogen-bond acceptors (Lipinski definition) is 2. The Hall–Kier alpha value is -0.760. The fourth-order valence-corrected chi connectivity index (χ4v) is 3.26. The van der Waals surface area contributed by atoms with E-state index in [4.69, 9.17) is 5.26 Å². The summed E-state index contributed by atoms with van der Waals surface area (Å²) in [6.45, 7) is 0. The highest BCUT2D eigenvalue weighted by atomic mass is 19.4. The minimum Gasteiger partial charge on any atom is -0.310 e. The Labute approximate surface area is 106 Å². The van der Waals surface area contributed by atoms with Crippen LogP contribution in [-0.2, 0) is 0 Å². The molecule has 0 aromatic rings.